The summed E-state index contributed by atoms with van der Waals surface area (Å²) in [6.07, 6.45) is 1.17. The van der Waals surface area contributed by atoms with Gasteiger partial charge in [-0.15, -0.1) is 0 Å². The van der Waals surface area contributed by atoms with Crippen LogP contribution in [0.1, 0.15) is 29.2 Å². The zero-order valence-electron chi connectivity index (χ0n) is 11.1. The first-order valence-electron chi connectivity index (χ1n) is 6.48. The van der Waals surface area contributed by atoms with Crippen molar-refractivity contribution < 1.29 is 27.9 Å². The van der Waals surface area contributed by atoms with Gasteiger partial charge in [-0.2, -0.15) is 8.78 Å². The summed E-state index contributed by atoms with van der Waals surface area (Å²) in [6.45, 7) is 0.625. The van der Waals surface area contributed by atoms with E-state index < -0.39 is 23.6 Å². The third-order valence-corrected chi connectivity index (χ3v) is 3.99. The molecule has 0 spiro atoms. The van der Waals surface area contributed by atoms with E-state index in [1.807, 2.05) is 0 Å². The van der Waals surface area contributed by atoms with Crippen LogP contribution in [-0.4, -0.2) is 40.7 Å². The highest BCUT2D eigenvalue weighted by Crippen LogP contribution is 2.23. The molecule has 1 saturated heterocycles. The molecule has 1 N–H and O–H groups in total. The van der Waals surface area contributed by atoms with Crippen molar-refractivity contribution in [3.8, 4) is 0 Å². The molecule has 1 aromatic heterocycles. The number of likely N-dealkylation sites (tertiary alicyclic amines) is 1. The number of halogens is 2. The minimum absolute atomic E-state index is 0.0112. The lowest BCUT2D eigenvalue weighted by molar-refractivity contribution is -0.143. The van der Waals surface area contributed by atoms with Gasteiger partial charge in [-0.3, -0.25) is 9.59 Å². The zero-order valence-corrected chi connectivity index (χ0v) is 11.9. The van der Waals surface area contributed by atoms with Crippen LogP contribution in [0.2, 0.25) is 0 Å². The Hall–Kier alpha value is -1.57. The summed E-state index contributed by atoms with van der Waals surface area (Å²) in [5, 5.41) is 9.00. The number of carbonyl (C=O) groups is 2. The lowest BCUT2D eigenvalue weighted by atomic mass is 9.98. The highest BCUT2D eigenvalue weighted by atomic mass is 32.2. The molecule has 1 unspecified atom stereocenters. The van der Waals surface area contributed by atoms with Crippen LogP contribution in [0.15, 0.2) is 16.5 Å². The lowest BCUT2D eigenvalue weighted by Gasteiger charge is -2.29. The number of rotatable bonds is 5. The van der Waals surface area contributed by atoms with Gasteiger partial charge in [0.15, 0.2) is 5.76 Å². The Labute approximate surface area is 124 Å². The Kier molecular flexibility index (Phi) is 5.22. The predicted octanol–water partition coefficient (Wildman–Crippen LogP) is 2.67. The molecule has 1 amide bonds. The van der Waals surface area contributed by atoms with E-state index in [2.05, 4.69) is 0 Å². The van der Waals surface area contributed by atoms with Crippen LogP contribution < -0.4 is 0 Å². The Morgan fingerprint density at radius 3 is 2.90 bits per heavy atom. The molecule has 5 nitrogen and oxygen atoms in total. The van der Waals surface area contributed by atoms with Crippen molar-refractivity contribution >= 4 is 23.6 Å². The SMILES string of the molecule is O=C(O)C1CCCN(C(=O)c2ccc(CSC(F)F)o2)C1. The minimum atomic E-state index is -2.49. The molecule has 1 atom stereocenters. The van der Waals surface area contributed by atoms with E-state index in [0.29, 0.717) is 36.9 Å². The van der Waals surface area contributed by atoms with Gasteiger partial charge in [0, 0.05) is 13.1 Å². The fourth-order valence-corrected chi connectivity index (χ4v) is 2.68. The molecule has 1 aliphatic rings. The number of alkyl halides is 2. The third kappa shape index (κ3) is 4.20. The normalized spacial score (nSPS) is 19.0. The molecule has 1 fully saturated rings. The molecular weight excluding hydrogens is 304 g/mol. The molecule has 0 aromatic carbocycles. The van der Waals surface area contributed by atoms with Gasteiger partial charge >= 0.3 is 5.97 Å². The van der Waals surface area contributed by atoms with Gasteiger partial charge in [0.1, 0.15) is 5.76 Å². The van der Waals surface area contributed by atoms with Crippen molar-refractivity contribution in [3.05, 3.63) is 23.7 Å². The fourth-order valence-electron chi connectivity index (χ4n) is 2.23. The number of amides is 1. The maximum Gasteiger partial charge on any atom is 0.308 e. The summed E-state index contributed by atoms with van der Waals surface area (Å²) >= 11 is 0.420. The molecule has 2 rings (SSSR count). The van der Waals surface area contributed by atoms with E-state index in [-0.39, 0.29) is 18.1 Å². The summed E-state index contributed by atoms with van der Waals surface area (Å²) in [6, 6.07) is 2.93. The maximum absolute atomic E-state index is 12.2. The van der Waals surface area contributed by atoms with Crippen molar-refractivity contribution in [2.24, 2.45) is 5.92 Å². The van der Waals surface area contributed by atoms with Crippen molar-refractivity contribution in [1.29, 1.82) is 0 Å². The number of carboxylic acid groups (broad SMARTS) is 1. The second kappa shape index (κ2) is 6.93. The number of carboxylic acids is 1. The second-order valence-electron chi connectivity index (χ2n) is 4.77. The molecule has 0 saturated carbocycles. The van der Waals surface area contributed by atoms with Crippen molar-refractivity contribution in [3.63, 3.8) is 0 Å². The molecule has 0 radical (unpaired) electrons. The van der Waals surface area contributed by atoms with Crippen LogP contribution in [-0.2, 0) is 10.5 Å². The number of carbonyl (C=O) groups excluding carboxylic acids is 1. The molecular formula is C13H15F2NO4S. The van der Waals surface area contributed by atoms with Crippen molar-refractivity contribution in [1.82, 2.24) is 4.90 Å². The molecule has 116 valence electrons. The Morgan fingerprint density at radius 1 is 1.48 bits per heavy atom. The van der Waals surface area contributed by atoms with E-state index in [0.717, 1.165) is 0 Å². The first-order chi connectivity index (χ1) is 9.97. The Bertz CT molecular complexity index is 520. The number of hydrogen-bond acceptors (Lipinski definition) is 4. The van der Waals surface area contributed by atoms with Gasteiger partial charge in [-0.25, -0.2) is 0 Å². The Morgan fingerprint density at radius 2 is 2.24 bits per heavy atom. The number of thioether (sulfide) groups is 1. The van der Waals surface area contributed by atoms with E-state index in [4.69, 9.17) is 9.52 Å². The number of piperidine rings is 1. The number of hydrogen-bond donors (Lipinski definition) is 1. The summed E-state index contributed by atoms with van der Waals surface area (Å²) in [7, 11) is 0. The van der Waals surface area contributed by atoms with Crippen LogP contribution >= 0.6 is 11.8 Å². The topological polar surface area (TPSA) is 70.8 Å². The second-order valence-corrected chi connectivity index (χ2v) is 5.74. The van der Waals surface area contributed by atoms with Crippen LogP contribution in [0, 0.1) is 5.92 Å². The molecule has 1 aromatic rings. The van der Waals surface area contributed by atoms with Gasteiger partial charge in [0.2, 0.25) is 0 Å². The van der Waals surface area contributed by atoms with Crippen LogP contribution in [0.25, 0.3) is 0 Å². The smallest absolute Gasteiger partial charge is 0.308 e. The number of furan rings is 1. The summed E-state index contributed by atoms with van der Waals surface area (Å²) in [4.78, 5) is 24.6. The number of nitrogens with zero attached hydrogens (tertiary/aromatic N) is 1. The standard InChI is InChI=1S/C13H15F2NO4S/c14-13(15)21-7-9-3-4-10(20-9)11(17)16-5-1-2-8(6-16)12(18)19/h3-4,8,13H,1-2,5-7H2,(H,18,19). The molecule has 21 heavy (non-hydrogen) atoms. The quantitative estimate of drug-likeness (QED) is 0.903. The summed E-state index contributed by atoms with van der Waals surface area (Å²) in [5.41, 5.74) is 0. The van der Waals surface area contributed by atoms with Gasteiger partial charge in [0.25, 0.3) is 11.7 Å². The van der Waals surface area contributed by atoms with Gasteiger partial charge < -0.3 is 14.4 Å². The molecule has 8 heteroatoms. The average Bonchev–Trinajstić information content (AvgIpc) is 2.93. The fraction of sp³-hybridized carbons (Fsp3) is 0.538. The number of aliphatic carboxylic acids is 1. The van der Waals surface area contributed by atoms with Crippen LogP contribution in [0.3, 0.4) is 0 Å². The summed E-state index contributed by atoms with van der Waals surface area (Å²) < 4.78 is 29.4. The van der Waals surface area contributed by atoms with Crippen molar-refractivity contribution in [2.45, 2.75) is 24.4 Å². The minimum Gasteiger partial charge on any atom is -0.481 e. The Balaban J connectivity index is 1.98. The molecule has 0 bridgehead atoms. The highest BCUT2D eigenvalue weighted by Gasteiger charge is 2.29. The van der Waals surface area contributed by atoms with E-state index in [1.165, 1.54) is 17.0 Å². The van der Waals surface area contributed by atoms with Gasteiger partial charge in [-0.1, -0.05) is 11.8 Å². The molecule has 2 heterocycles. The van der Waals surface area contributed by atoms with Crippen molar-refractivity contribution in [2.75, 3.05) is 13.1 Å². The molecule has 1 aliphatic heterocycles. The maximum atomic E-state index is 12.2. The average molecular weight is 319 g/mol. The first kappa shape index (κ1) is 15.8. The first-order valence-corrected chi connectivity index (χ1v) is 7.53. The van der Waals surface area contributed by atoms with E-state index in [9.17, 15) is 18.4 Å². The van der Waals surface area contributed by atoms with Gasteiger partial charge in [0.05, 0.1) is 11.7 Å². The van der Waals surface area contributed by atoms with Crippen LogP contribution in [0.5, 0.6) is 0 Å². The van der Waals surface area contributed by atoms with E-state index in [1.54, 1.807) is 0 Å². The summed E-state index contributed by atoms with van der Waals surface area (Å²) in [5.74, 6) is -4.02. The monoisotopic (exact) mass is 319 g/mol. The highest BCUT2D eigenvalue weighted by molar-refractivity contribution is 7.98. The van der Waals surface area contributed by atoms with E-state index >= 15 is 0 Å². The zero-order chi connectivity index (χ0) is 15.4. The predicted molar refractivity (Wildman–Crippen MR) is 72.3 cm³/mol. The lowest BCUT2D eigenvalue weighted by Crippen LogP contribution is -2.42. The van der Waals surface area contributed by atoms with Crippen LogP contribution in [0.4, 0.5) is 8.78 Å². The third-order valence-electron chi connectivity index (χ3n) is 3.28. The largest absolute Gasteiger partial charge is 0.481 e. The molecule has 0 aliphatic carbocycles. The van der Waals surface area contributed by atoms with Gasteiger partial charge in [-0.05, 0) is 25.0 Å².